The number of piperidine rings is 1. The third-order valence-electron chi connectivity index (χ3n) is 6.06. The molecular formula is C16H31N3. The summed E-state index contributed by atoms with van der Waals surface area (Å²) in [6, 6.07) is 1.51. The van der Waals surface area contributed by atoms with Crippen LogP contribution < -0.4 is 5.73 Å². The topological polar surface area (TPSA) is 32.5 Å². The highest BCUT2D eigenvalue weighted by Gasteiger charge is 2.53. The molecule has 3 rings (SSSR count). The Kier molecular flexibility index (Phi) is 3.89. The van der Waals surface area contributed by atoms with Crippen LogP contribution >= 0.6 is 0 Å². The van der Waals surface area contributed by atoms with E-state index in [4.69, 9.17) is 5.73 Å². The number of likely N-dealkylation sites (tertiary alicyclic amines) is 1. The summed E-state index contributed by atoms with van der Waals surface area (Å²) in [6.45, 7) is 9.51. The molecule has 0 aromatic carbocycles. The van der Waals surface area contributed by atoms with Gasteiger partial charge >= 0.3 is 0 Å². The van der Waals surface area contributed by atoms with Gasteiger partial charge in [-0.2, -0.15) is 0 Å². The molecule has 3 fully saturated rings. The Hall–Kier alpha value is -0.120. The Balaban J connectivity index is 1.86. The fourth-order valence-electron chi connectivity index (χ4n) is 5.10. The molecule has 0 saturated carbocycles. The predicted octanol–water partition coefficient (Wildman–Crippen LogP) is 2.06. The molecule has 3 atom stereocenters. The van der Waals surface area contributed by atoms with Crippen LogP contribution in [0.15, 0.2) is 0 Å². The number of rotatable bonds is 3. The van der Waals surface area contributed by atoms with Gasteiger partial charge in [-0.25, -0.2) is 0 Å². The summed E-state index contributed by atoms with van der Waals surface area (Å²) in [7, 11) is 0. The smallest absolute Gasteiger partial charge is 0.0501 e. The lowest BCUT2D eigenvalue weighted by Crippen LogP contribution is -2.63. The van der Waals surface area contributed by atoms with Gasteiger partial charge in [0.1, 0.15) is 0 Å². The molecule has 3 aliphatic rings. The number of nitrogens with zero attached hydrogens (tertiary/aromatic N) is 2. The monoisotopic (exact) mass is 265 g/mol. The fraction of sp³-hybridized carbons (Fsp3) is 1.00. The van der Waals surface area contributed by atoms with E-state index in [9.17, 15) is 0 Å². The van der Waals surface area contributed by atoms with Crippen molar-refractivity contribution in [3.63, 3.8) is 0 Å². The van der Waals surface area contributed by atoms with E-state index in [1.165, 1.54) is 58.2 Å². The molecule has 3 aliphatic heterocycles. The van der Waals surface area contributed by atoms with Gasteiger partial charge in [-0.15, -0.1) is 0 Å². The Morgan fingerprint density at radius 3 is 2.68 bits per heavy atom. The summed E-state index contributed by atoms with van der Waals surface area (Å²) in [5.41, 5.74) is 6.65. The van der Waals surface area contributed by atoms with E-state index in [0.717, 1.165) is 24.5 Å². The van der Waals surface area contributed by atoms with Gasteiger partial charge < -0.3 is 5.73 Å². The summed E-state index contributed by atoms with van der Waals surface area (Å²) in [4.78, 5) is 5.58. The van der Waals surface area contributed by atoms with E-state index >= 15 is 0 Å². The molecule has 0 aromatic rings. The lowest BCUT2D eigenvalue weighted by molar-refractivity contribution is 0.0159. The summed E-state index contributed by atoms with van der Waals surface area (Å²) < 4.78 is 0. The zero-order chi connectivity index (χ0) is 13.5. The van der Waals surface area contributed by atoms with Crippen LogP contribution in [0.5, 0.6) is 0 Å². The Bertz CT molecular complexity index is 317. The number of hydrogen-bond acceptors (Lipinski definition) is 3. The number of hydrogen-bond donors (Lipinski definition) is 1. The summed E-state index contributed by atoms with van der Waals surface area (Å²) in [5.74, 6) is 0.767. The predicted molar refractivity (Wildman–Crippen MR) is 80.2 cm³/mol. The van der Waals surface area contributed by atoms with Gasteiger partial charge in [0.2, 0.25) is 0 Å². The maximum absolute atomic E-state index is 6.35. The summed E-state index contributed by atoms with van der Waals surface area (Å²) in [5, 5.41) is 0. The molecule has 0 bridgehead atoms. The van der Waals surface area contributed by atoms with Crippen molar-refractivity contribution in [3.05, 3.63) is 0 Å². The fourth-order valence-corrected chi connectivity index (χ4v) is 5.10. The molecule has 19 heavy (non-hydrogen) atoms. The third kappa shape index (κ3) is 2.14. The second-order valence-corrected chi connectivity index (χ2v) is 7.25. The zero-order valence-corrected chi connectivity index (χ0v) is 12.8. The average molecular weight is 265 g/mol. The highest BCUT2D eigenvalue weighted by molar-refractivity contribution is 5.11. The van der Waals surface area contributed by atoms with E-state index in [0.29, 0.717) is 5.54 Å². The van der Waals surface area contributed by atoms with Gasteiger partial charge in [-0.3, -0.25) is 9.80 Å². The molecular weight excluding hydrogens is 234 g/mol. The van der Waals surface area contributed by atoms with E-state index < -0.39 is 0 Å². The van der Waals surface area contributed by atoms with Crippen LogP contribution in [0.3, 0.4) is 0 Å². The van der Waals surface area contributed by atoms with Crippen LogP contribution in [0.25, 0.3) is 0 Å². The zero-order valence-electron chi connectivity index (χ0n) is 12.8. The minimum absolute atomic E-state index is 0.297. The first-order valence-corrected chi connectivity index (χ1v) is 8.40. The first-order chi connectivity index (χ1) is 9.19. The maximum Gasteiger partial charge on any atom is 0.0501 e. The quantitative estimate of drug-likeness (QED) is 0.848. The van der Waals surface area contributed by atoms with Crippen LogP contribution in [-0.4, -0.2) is 53.6 Å². The van der Waals surface area contributed by atoms with Crippen molar-refractivity contribution in [3.8, 4) is 0 Å². The molecule has 0 spiro atoms. The molecule has 0 amide bonds. The molecule has 2 N–H and O–H groups in total. The Morgan fingerprint density at radius 1 is 1.11 bits per heavy atom. The van der Waals surface area contributed by atoms with Crippen molar-refractivity contribution in [2.45, 2.75) is 70.0 Å². The Morgan fingerprint density at radius 2 is 1.95 bits per heavy atom. The van der Waals surface area contributed by atoms with Crippen molar-refractivity contribution in [1.29, 1.82) is 0 Å². The van der Waals surface area contributed by atoms with Gasteiger partial charge in [-0.05, 0) is 51.1 Å². The molecule has 0 aliphatic carbocycles. The molecule has 3 saturated heterocycles. The molecule has 110 valence electrons. The lowest BCUT2D eigenvalue weighted by atomic mass is 9.82. The van der Waals surface area contributed by atoms with Gasteiger partial charge in [0.25, 0.3) is 0 Å². The van der Waals surface area contributed by atoms with Gasteiger partial charge in [0.15, 0.2) is 0 Å². The van der Waals surface area contributed by atoms with Gasteiger partial charge in [0.05, 0.1) is 5.54 Å². The third-order valence-corrected chi connectivity index (χ3v) is 6.06. The van der Waals surface area contributed by atoms with Crippen molar-refractivity contribution >= 4 is 0 Å². The SMILES string of the molecule is CC(C)C1CCCN1C1(CN)CCN2CCCCC21. The summed E-state index contributed by atoms with van der Waals surface area (Å²) >= 11 is 0. The molecule has 3 nitrogen and oxygen atoms in total. The van der Waals surface area contributed by atoms with Crippen LogP contribution in [0.2, 0.25) is 0 Å². The van der Waals surface area contributed by atoms with Crippen LogP contribution in [0.4, 0.5) is 0 Å². The number of fused-ring (bicyclic) bond motifs is 1. The highest BCUT2D eigenvalue weighted by Crippen LogP contribution is 2.43. The normalized spacial score (nSPS) is 41.1. The van der Waals surface area contributed by atoms with E-state index in [1.807, 2.05) is 0 Å². The summed E-state index contributed by atoms with van der Waals surface area (Å²) in [6.07, 6.45) is 8.23. The second kappa shape index (κ2) is 5.34. The van der Waals surface area contributed by atoms with Crippen molar-refractivity contribution in [2.24, 2.45) is 11.7 Å². The Labute approximate surface area is 118 Å². The molecule has 3 heterocycles. The van der Waals surface area contributed by atoms with Crippen molar-refractivity contribution in [1.82, 2.24) is 9.80 Å². The van der Waals surface area contributed by atoms with Crippen molar-refractivity contribution < 1.29 is 0 Å². The molecule has 3 heteroatoms. The highest BCUT2D eigenvalue weighted by atomic mass is 15.3. The second-order valence-electron chi connectivity index (χ2n) is 7.25. The van der Waals surface area contributed by atoms with E-state index in [-0.39, 0.29) is 0 Å². The minimum atomic E-state index is 0.297. The largest absolute Gasteiger partial charge is 0.329 e. The minimum Gasteiger partial charge on any atom is -0.329 e. The molecule has 3 unspecified atom stereocenters. The van der Waals surface area contributed by atoms with E-state index in [1.54, 1.807) is 0 Å². The first kappa shape index (κ1) is 13.8. The van der Waals surface area contributed by atoms with Crippen LogP contribution in [-0.2, 0) is 0 Å². The molecule has 0 aromatic heterocycles. The molecule has 0 radical (unpaired) electrons. The van der Waals surface area contributed by atoms with Crippen molar-refractivity contribution in [2.75, 3.05) is 26.2 Å². The van der Waals surface area contributed by atoms with Crippen LogP contribution in [0.1, 0.15) is 52.4 Å². The average Bonchev–Trinajstić information content (AvgIpc) is 3.04. The van der Waals surface area contributed by atoms with Gasteiger partial charge in [-0.1, -0.05) is 20.3 Å². The standard InChI is InChI=1S/C16H31N3/c1-13(2)14-6-5-10-19(14)16(12-17)8-11-18-9-4-3-7-15(16)18/h13-15H,3-12,17H2,1-2H3. The lowest BCUT2D eigenvalue weighted by Gasteiger charge is -2.49. The van der Waals surface area contributed by atoms with Crippen LogP contribution in [0, 0.1) is 5.92 Å². The maximum atomic E-state index is 6.35. The number of nitrogens with two attached hydrogens (primary N) is 1. The first-order valence-electron chi connectivity index (χ1n) is 8.40. The van der Waals surface area contributed by atoms with Gasteiger partial charge in [0, 0.05) is 25.2 Å². The van der Waals surface area contributed by atoms with E-state index in [2.05, 4.69) is 23.6 Å².